The minimum atomic E-state index is -0.945. The largest absolute Gasteiger partial charge is 0.480 e. The van der Waals surface area contributed by atoms with Gasteiger partial charge in [-0.25, -0.2) is 9.59 Å². The van der Waals surface area contributed by atoms with E-state index in [1.165, 1.54) is 4.90 Å². The highest BCUT2D eigenvalue weighted by Gasteiger charge is 2.44. The Morgan fingerprint density at radius 2 is 2.10 bits per heavy atom. The summed E-state index contributed by atoms with van der Waals surface area (Å²) in [5.41, 5.74) is 1.31. The van der Waals surface area contributed by atoms with Crippen LogP contribution in [0, 0.1) is 12.3 Å². The molecule has 5 heteroatoms. The number of amides is 2. The van der Waals surface area contributed by atoms with Gasteiger partial charge < -0.3 is 15.3 Å². The van der Waals surface area contributed by atoms with E-state index in [1.807, 2.05) is 39.0 Å². The van der Waals surface area contributed by atoms with Gasteiger partial charge in [0, 0.05) is 12.2 Å². The Labute approximate surface area is 125 Å². The van der Waals surface area contributed by atoms with E-state index in [0.717, 1.165) is 18.4 Å². The van der Waals surface area contributed by atoms with Crippen LogP contribution in [0.1, 0.15) is 32.3 Å². The van der Waals surface area contributed by atoms with Crippen LogP contribution in [0.15, 0.2) is 24.3 Å². The van der Waals surface area contributed by atoms with Gasteiger partial charge in [0.1, 0.15) is 6.04 Å². The lowest BCUT2D eigenvalue weighted by Gasteiger charge is -2.43. The molecule has 2 N–H and O–H groups in total. The van der Waals surface area contributed by atoms with E-state index in [9.17, 15) is 14.7 Å². The van der Waals surface area contributed by atoms with Crippen LogP contribution < -0.4 is 5.32 Å². The second kappa shape index (κ2) is 5.76. The SMILES string of the molecule is Cc1cccc(NC(=O)N2CCCC(C)(C)C2C(=O)O)c1. The highest BCUT2D eigenvalue weighted by molar-refractivity contribution is 5.92. The van der Waals surface area contributed by atoms with Crippen molar-refractivity contribution in [2.24, 2.45) is 5.41 Å². The highest BCUT2D eigenvalue weighted by atomic mass is 16.4. The molecule has 1 unspecified atom stereocenters. The van der Waals surface area contributed by atoms with Gasteiger partial charge >= 0.3 is 12.0 Å². The number of aliphatic carboxylic acids is 1. The Kier molecular flexibility index (Phi) is 4.21. The van der Waals surface area contributed by atoms with Gasteiger partial charge in [-0.05, 0) is 42.9 Å². The predicted molar refractivity (Wildman–Crippen MR) is 81.3 cm³/mol. The molecule has 0 bridgehead atoms. The van der Waals surface area contributed by atoms with Gasteiger partial charge in [0.15, 0.2) is 0 Å². The third-order valence-corrected chi connectivity index (χ3v) is 4.04. The average molecular weight is 290 g/mol. The third kappa shape index (κ3) is 3.35. The smallest absolute Gasteiger partial charge is 0.327 e. The predicted octanol–water partition coefficient (Wildman–Crippen LogP) is 3.10. The number of hydrogen-bond donors (Lipinski definition) is 2. The fraction of sp³-hybridized carbons (Fsp3) is 0.500. The fourth-order valence-electron chi connectivity index (χ4n) is 3.00. The number of benzene rings is 1. The lowest BCUT2D eigenvalue weighted by Crippen LogP contribution is -2.57. The van der Waals surface area contributed by atoms with Crippen LogP contribution in [-0.2, 0) is 4.79 Å². The summed E-state index contributed by atoms with van der Waals surface area (Å²) in [4.78, 5) is 25.4. The number of likely N-dealkylation sites (tertiary alicyclic amines) is 1. The number of anilines is 1. The van der Waals surface area contributed by atoms with Gasteiger partial charge in [0.05, 0.1) is 0 Å². The van der Waals surface area contributed by atoms with E-state index in [1.54, 1.807) is 6.07 Å². The van der Waals surface area contributed by atoms with Crippen LogP contribution >= 0.6 is 0 Å². The molecule has 0 radical (unpaired) electrons. The molecule has 0 aliphatic carbocycles. The summed E-state index contributed by atoms with van der Waals surface area (Å²) in [6.07, 6.45) is 1.62. The quantitative estimate of drug-likeness (QED) is 0.879. The molecule has 0 aromatic heterocycles. The molecule has 0 spiro atoms. The zero-order chi connectivity index (χ0) is 15.6. The molecule has 2 rings (SSSR count). The first-order valence-electron chi connectivity index (χ1n) is 7.18. The lowest BCUT2D eigenvalue weighted by atomic mass is 9.76. The molecule has 1 aliphatic rings. The first-order valence-corrected chi connectivity index (χ1v) is 7.18. The Hall–Kier alpha value is -2.04. The van der Waals surface area contributed by atoms with Crippen molar-refractivity contribution in [1.82, 2.24) is 4.90 Å². The summed E-state index contributed by atoms with van der Waals surface area (Å²) < 4.78 is 0. The number of nitrogens with one attached hydrogen (secondary N) is 1. The molecular weight excluding hydrogens is 268 g/mol. The molecule has 2 amide bonds. The Balaban J connectivity index is 2.18. The zero-order valence-corrected chi connectivity index (χ0v) is 12.7. The van der Waals surface area contributed by atoms with E-state index in [0.29, 0.717) is 12.2 Å². The van der Waals surface area contributed by atoms with Crippen molar-refractivity contribution < 1.29 is 14.7 Å². The number of hydrogen-bond acceptors (Lipinski definition) is 2. The average Bonchev–Trinajstić information content (AvgIpc) is 2.36. The van der Waals surface area contributed by atoms with Gasteiger partial charge in [-0.3, -0.25) is 0 Å². The molecule has 1 heterocycles. The maximum atomic E-state index is 12.4. The fourth-order valence-corrected chi connectivity index (χ4v) is 3.00. The lowest BCUT2D eigenvalue weighted by molar-refractivity contribution is -0.148. The Bertz CT molecular complexity index is 554. The summed E-state index contributed by atoms with van der Waals surface area (Å²) in [5, 5.41) is 12.3. The van der Waals surface area contributed by atoms with E-state index in [2.05, 4.69) is 5.32 Å². The number of carbonyl (C=O) groups excluding carboxylic acids is 1. The number of piperidine rings is 1. The maximum Gasteiger partial charge on any atom is 0.327 e. The minimum absolute atomic E-state index is 0.347. The van der Waals surface area contributed by atoms with E-state index in [4.69, 9.17) is 0 Å². The summed E-state index contributed by atoms with van der Waals surface area (Å²) in [7, 11) is 0. The first kappa shape index (κ1) is 15.4. The minimum Gasteiger partial charge on any atom is -0.480 e. The van der Waals surface area contributed by atoms with E-state index in [-0.39, 0.29) is 6.03 Å². The van der Waals surface area contributed by atoms with Gasteiger partial charge in [0.2, 0.25) is 0 Å². The molecular formula is C16H22N2O3. The normalized spacial score (nSPS) is 20.9. The monoisotopic (exact) mass is 290 g/mol. The van der Waals surface area contributed by atoms with Crippen LogP contribution in [0.25, 0.3) is 0 Å². The van der Waals surface area contributed by atoms with Crippen molar-refractivity contribution in [2.45, 2.75) is 39.7 Å². The van der Waals surface area contributed by atoms with E-state index < -0.39 is 17.4 Å². The van der Waals surface area contributed by atoms with Crippen LogP contribution in [0.3, 0.4) is 0 Å². The van der Waals surface area contributed by atoms with Crippen LogP contribution in [0.5, 0.6) is 0 Å². The van der Waals surface area contributed by atoms with Crippen LogP contribution in [0.4, 0.5) is 10.5 Å². The number of carboxylic acids is 1. The number of carboxylic acid groups (broad SMARTS) is 1. The summed E-state index contributed by atoms with van der Waals surface area (Å²) in [6, 6.07) is 6.33. The molecule has 0 saturated carbocycles. The molecule has 5 nitrogen and oxygen atoms in total. The summed E-state index contributed by atoms with van der Waals surface area (Å²) >= 11 is 0. The standard InChI is InChI=1S/C16H22N2O3/c1-11-6-4-7-12(10-11)17-15(21)18-9-5-8-16(2,3)13(18)14(19)20/h4,6-7,10,13H,5,8-9H2,1-3H3,(H,17,21)(H,19,20). The van der Waals surface area contributed by atoms with Crippen LogP contribution in [0.2, 0.25) is 0 Å². The van der Waals surface area contributed by atoms with Crippen molar-refractivity contribution in [2.75, 3.05) is 11.9 Å². The van der Waals surface area contributed by atoms with Gasteiger partial charge in [-0.1, -0.05) is 26.0 Å². The number of aryl methyl sites for hydroxylation is 1. The molecule has 1 fully saturated rings. The van der Waals surface area contributed by atoms with E-state index >= 15 is 0 Å². The maximum absolute atomic E-state index is 12.4. The second-order valence-electron chi connectivity index (χ2n) is 6.33. The van der Waals surface area contributed by atoms with Crippen LogP contribution in [-0.4, -0.2) is 34.6 Å². The number of rotatable bonds is 2. The van der Waals surface area contributed by atoms with Gasteiger partial charge in [-0.15, -0.1) is 0 Å². The molecule has 1 aromatic carbocycles. The van der Waals surface area contributed by atoms with Crippen molar-refractivity contribution in [3.63, 3.8) is 0 Å². The molecule has 1 atom stereocenters. The molecule has 114 valence electrons. The first-order chi connectivity index (χ1) is 9.81. The Morgan fingerprint density at radius 1 is 1.38 bits per heavy atom. The molecule has 1 aromatic rings. The number of nitrogens with zero attached hydrogens (tertiary/aromatic N) is 1. The second-order valence-corrected chi connectivity index (χ2v) is 6.33. The Morgan fingerprint density at radius 3 is 2.71 bits per heavy atom. The van der Waals surface area contributed by atoms with Gasteiger partial charge in [-0.2, -0.15) is 0 Å². The number of urea groups is 1. The molecule has 1 saturated heterocycles. The van der Waals surface area contributed by atoms with Crippen molar-refractivity contribution in [3.8, 4) is 0 Å². The zero-order valence-electron chi connectivity index (χ0n) is 12.7. The van der Waals surface area contributed by atoms with Crippen molar-refractivity contribution in [1.29, 1.82) is 0 Å². The molecule has 21 heavy (non-hydrogen) atoms. The molecule has 1 aliphatic heterocycles. The summed E-state index contributed by atoms with van der Waals surface area (Å²) in [6.45, 7) is 6.22. The summed E-state index contributed by atoms with van der Waals surface area (Å²) in [5.74, 6) is -0.945. The third-order valence-electron chi connectivity index (χ3n) is 4.04. The number of carbonyl (C=O) groups is 2. The highest BCUT2D eigenvalue weighted by Crippen LogP contribution is 2.35. The topological polar surface area (TPSA) is 69.6 Å². The van der Waals surface area contributed by atoms with Crippen molar-refractivity contribution in [3.05, 3.63) is 29.8 Å². The van der Waals surface area contributed by atoms with Gasteiger partial charge in [0.25, 0.3) is 0 Å². The van der Waals surface area contributed by atoms with Crippen molar-refractivity contribution >= 4 is 17.7 Å².